The molecule has 3 heterocycles. The van der Waals surface area contributed by atoms with E-state index >= 15 is 0 Å². The minimum atomic E-state index is -0.554. The molecule has 10 nitrogen and oxygen atoms in total. The number of hydrogen-bond donors (Lipinski definition) is 1. The molecule has 0 fully saturated rings. The molecule has 0 saturated carbocycles. The molecule has 4 aromatic rings. The zero-order chi connectivity index (χ0) is 29.0. The Kier molecular flexibility index (Phi) is 8.68. The van der Waals surface area contributed by atoms with E-state index in [2.05, 4.69) is 15.4 Å². The maximum Gasteiger partial charge on any atom is 0.407 e. The number of hydrogen-bond acceptors (Lipinski definition) is 7. The zero-order valence-electron chi connectivity index (χ0n) is 23.6. The molecule has 0 unspecified atom stereocenters. The lowest BCUT2D eigenvalue weighted by Gasteiger charge is -2.19. The van der Waals surface area contributed by atoms with Crippen molar-refractivity contribution in [1.82, 2.24) is 24.5 Å². The van der Waals surface area contributed by atoms with Crippen molar-refractivity contribution in [3.05, 3.63) is 70.4 Å². The van der Waals surface area contributed by atoms with Gasteiger partial charge < -0.3 is 23.9 Å². The molecule has 1 N–H and O–H groups in total. The first kappa shape index (κ1) is 28.9. The molecule has 0 aliphatic heterocycles. The number of esters is 1. The van der Waals surface area contributed by atoms with E-state index < -0.39 is 17.7 Å². The second-order valence-electron chi connectivity index (χ2n) is 10.3. The molecule has 0 bridgehead atoms. The van der Waals surface area contributed by atoms with Gasteiger partial charge in [0.2, 0.25) is 0 Å². The number of fused-ring (bicyclic) bond motifs is 1. The lowest BCUT2D eigenvalue weighted by atomic mass is 10.1. The topological polar surface area (TPSA) is 109 Å². The number of alkyl carbamates (subject to hydrolysis) is 1. The quantitative estimate of drug-likeness (QED) is 0.278. The molecule has 0 spiro atoms. The Morgan fingerprint density at radius 1 is 1.12 bits per heavy atom. The third kappa shape index (κ3) is 6.74. The van der Waals surface area contributed by atoms with E-state index in [4.69, 9.17) is 25.8 Å². The summed E-state index contributed by atoms with van der Waals surface area (Å²) in [5, 5.41) is 7.63. The second-order valence-corrected chi connectivity index (χ2v) is 10.8. The molecular weight excluding hydrogens is 534 g/mol. The van der Waals surface area contributed by atoms with Crippen molar-refractivity contribution in [2.24, 2.45) is 7.05 Å². The van der Waals surface area contributed by atoms with Crippen molar-refractivity contribution in [2.75, 3.05) is 20.3 Å². The van der Waals surface area contributed by atoms with Crippen molar-refractivity contribution < 1.29 is 23.8 Å². The fourth-order valence-electron chi connectivity index (χ4n) is 4.31. The van der Waals surface area contributed by atoms with Gasteiger partial charge >= 0.3 is 12.1 Å². The number of nitrogens with zero attached hydrogens (tertiary/aromatic N) is 4. The third-order valence-electron chi connectivity index (χ3n) is 6.33. The van der Waals surface area contributed by atoms with Crippen molar-refractivity contribution in [1.29, 1.82) is 0 Å². The summed E-state index contributed by atoms with van der Waals surface area (Å²) in [6.07, 6.45) is 4.36. The molecule has 3 aromatic heterocycles. The minimum absolute atomic E-state index is 0.289. The van der Waals surface area contributed by atoms with E-state index in [1.165, 1.54) is 7.11 Å². The first-order valence-electron chi connectivity index (χ1n) is 12.9. The third-order valence-corrected chi connectivity index (χ3v) is 6.57. The number of carbonyl (C=O) groups is 2. The molecule has 0 saturated heterocycles. The Bertz CT molecular complexity index is 1540. The van der Waals surface area contributed by atoms with E-state index in [0.29, 0.717) is 36.8 Å². The maximum atomic E-state index is 12.2. The van der Waals surface area contributed by atoms with Gasteiger partial charge in [0.25, 0.3) is 0 Å². The standard InChI is InChI=1S/C29H34ClN5O5/c1-18-22(26(27(36)38-6)33-34(18)5)12-14-39-24-15-20(30)8-9-23(24)19-7-10-25-32-16-21(35(25)17-19)11-13-31-28(37)40-29(2,3)4/h7-10,15-17H,11-14H2,1-6H3,(H,31,37). The van der Waals surface area contributed by atoms with Crippen LogP contribution in [0.15, 0.2) is 42.7 Å². The highest BCUT2D eigenvalue weighted by Gasteiger charge is 2.20. The molecule has 212 valence electrons. The van der Waals surface area contributed by atoms with Crippen LogP contribution in [0, 0.1) is 6.92 Å². The Hall–Kier alpha value is -4.05. The average molecular weight is 568 g/mol. The van der Waals surface area contributed by atoms with Gasteiger partial charge in [0.15, 0.2) is 5.69 Å². The van der Waals surface area contributed by atoms with E-state index in [0.717, 1.165) is 33.7 Å². The van der Waals surface area contributed by atoms with Gasteiger partial charge in [-0.1, -0.05) is 11.6 Å². The summed E-state index contributed by atoms with van der Waals surface area (Å²) in [7, 11) is 3.13. The van der Waals surface area contributed by atoms with Crippen LogP contribution in [0.2, 0.25) is 5.02 Å². The predicted octanol–water partition coefficient (Wildman–Crippen LogP) is 5.17. The highest BCUT2D eigenvalue weighted by atomic mass is 35.5. The lowest BCUT2D eigenvalue weighted by Crippen LogP contribution is -2.33. The number of halogens is 1. The second kappa shape index (κ2) is 12.0. The normalized spacial score (nSPS) is 11.5. The van der Waals surface area contributed by atoms with Gasteiger partial charge in [0.05, 0.1) is 13.7 Å². The summed E-state index contributed by atoms with van der Waals surface area (Å²) < 4.78 is 20.1. The van der Waals surface area contributed by atoms with Crippen LogP contribution in [-0.4, -0.2) is 57.1 Å². The van der Waals surface area contributed by atoms with Crippen molar-refractivity contribution in [3.63, 3.8) is 0 Å². The van der Waals surface area contributed by atoms with Crippen LogP contribution < -0.4 is 10.1 Å². The molecule has 0 atom stereocenters. The molecule has 4 rings (SSSR count). The summed E-state index contributed by atoms with van der Waals surface area (Å²) >= 11 is 6.33. The smallest absolute Gasteiger partial charge is 0.407 e. The average Bonchev–Trinajstić information content (AvgIpc) is 3.42. The fourth-order valence-corrected chi connectivity index (χ4v) is 4.47. The van der Waals surface area contributed by atoms with E-state index in [9.17, 15) is 9.59 Å². The van der Waals surface area contributed by atoms with Gasteiger partial charge in [-0.2, -0.15) is 5.10 Å². The van der Waals surface area contributed by atoms with Gasteiger partial charge in [-0.3, -0.25) is 4.68 Å². The van der Waals surface area contributed by atoms with Gasteiger partial charge in [0.1, 0.15) is 17.0 Å². The number of rotatable bonds is 9. The van der Waals surface area contributed by atoms with Gasteiger partial charge in [-0.05, 0) is 58.0 Å². The molecule has 0 aliphatic carbocycles. The van der Waals surface area contributed by atoms with Crippen LogP contribution in [0.1, 0.15) is 48.2 Å². The molecular formula is C29H34ClN5O5. The highest BCUT2D eigenvalue weighted by Crippen LogP contribution is 2.33. The van der Waals surface area contributed by atoms with Crippen molar-refractivity contribution in [2.45, 2.75) is 46.1 Å². The zero-order valence-corrected chi connectivity index (χ0v) is 24.3. The van der Waals surface area contributed by atoms with Crippen molar-refractivity contribution >= 4 is 29.3 Å². The molecule has 1 aromatic carbocycles. The SMILES string of the molecule is COC(=O)c1nn(C)c(C)c1CCOc1cc(Cl)ccc1-c1ccc2ncc(CCNC(=O)OC(C)(C)C)n2c1. The number of ether oxygens (including phenoxy) is 3. The number of imidazole rings is 1. The number of benzene rings is 1. The number of aromatic nitrogens is 4. The summed E-state index contributed by atoms with van der Waals surface area (Å²) in [6.45, 7) is 8.09. The largest absolute Gasteiger partial charge is 0.493 e. The summed E-state index contributed by atoms with van der Waals surface area (Å²) in [6, 6.07) is 9.41. The summed E-state index contributed by atoms with van der Waals surface area (Å²) in [5.74, 6) is 0.133. The number of methoxy groups -OCH3 is 1. The Morgan fingerprint density at radius 3 is 2.62 bits per heavy atom. The minimum Gasteiger partial charge on any atom is -0.493 e. The van der Waals surface area contributed by atoms with Crippen LogP contribution in [0.5, 0.6) is 5.75 Å². The van der Waals surface area contributed by atoms with E-state index in [-0.39, 0.29) is 5.69 Å². The molecule has 0 aliphatic rings. The lowest BCUT2D eigenvalue weighted by molar-refractivity contribution is 0.0527. The highest BCUT2D eigenvalue weighted by molar-refractivity contribution is 6.30. The van der Waals surface area contributed by atoms with Crippen molar-refractivity contribution in [3.8, 4) is 16.9 Å². The van der Waals surface area contributed by atoms with Crippen LogP contribution in [-0.2, 0) is 29.4 Å². The van der Waals surface area contributed by atoms with E-state index in [1.807, 2.05) is 62.6 Å². The van der Waals surface area contributed by atoms with E-state index in [1.54, 1.807) is 24.0 Å². The predicted molar refractivity (Wildman–Crippen MR) is 152 cm³/mol. The van der Waals surface area contributed by atoms with Gasteiger partial charge in [-0.25, -0.2) is 14.6 Å². The number of pyridine rings is 1. The van der Waals surface area contributed by atoms with Gasteiger partial charge in [-0.15, -0.1) is 0 Å². The van der Waals surface area contributed by atoms with Crippen LogP contribution >= 0.6 is 11.6 Å². The Balaban J connectivity index is 1.52. The monoisotopic (exact) mass is 567 g/mol. The summed E-state index contributed by atoms with van der Waals surface area (Å²) in [4.78, 5) is 28.7. The molecule has 40 heavy (non-hydrogen) atoms. The van der Waals surface area contributed by atoms with Gasteiger partial charge in [0, 0.05) is 71.9 Å². The first-order valence-corrected chi connectivity index (χ1v) is 13.3. The first-order chi connectivity index (χ1) is 19.0. The molecule has 1 amide bonds. The van der Waals surface area contributed by atoms with Crippen LogP contribution in [0.4, 0.5) is 4.79 Å². The molecule has 11 heteroatoms. The molecule has 0 radical (unpaired) electrons. The Labute approximate surface area is 238 Å². The fraction of sp³-hybridized carbons (Fsp3) is 0.379. The number of aryl methyl sites for hydroxylation is 1. The maximum absolute atomic E-state index is 12.2. The number of carbonyl (C=O) groups excluding carboxylic acids is 2. The number of amides is 1. The van der Waals surface area contributed by atoms with Crippen LogP contribution in [0.3, 0.4) is 0 Å². The summed E-state index contributed by atoms with van der Waals surface area (Å²) in [5.41, 5.74) is 4.87. The Morgan fingerprint density at radius 2 is 1.90 bits per heavy atom. The number of nitrogens with one attached hydrogen (secondary N) is 1. The van der Waals surface area contributed by atoms with Crippen LogP contribution in [0.25, 0.3) is 16.8 Å².